The number of nitrogens with two attached hydrogens (primary N) is 1. The average molecular weight is 285 g/mol. The van der Waals surface area contributed by atoms with Crippen molar-refractivity contribution in [1.29, 1.82) is 0 Å². The molecular weight excluding hydrogens is 266 g/mol. The number of hydrogen-bond donors (Lipinski definition) is 2. The van der Waals surface area contributed by atoms with E-state index in [1.807, 2.05) is 30.3 Å². The lowest BCUT2D eigenvalue weighted by Gasteiger charge is -2.07. The predicted octanol–water partition coefficient (Wildman–Crippen LogP) is 2.77. The Labute approximate surface area is 124 Å². The number of hydrogen-bond acceptors (Lipinski definition) is 4. The van der Waals surface area contributed by atoms with E-state index < -0.39 is 0 Å². The molecule has 0 saturated heterocycles. The normalized spacial score (nSPS) is 10.1. The fourth-order valence-corrected chi connectivity index (χ4v) is 1.79. The van der Waals surface area contributed by atoms with Crippen molar-refractivity contribution < 1.29 is 9.53 Å². The molecule has 5 nitrogen and oxygen atoms in total. The summed E-state index contributed by atoms with van der Waals surface area (Å²) in [5.74, 6) is 1.26. The molecule has 0 unspecified atom stereocenters. The first-order valence-corrected chi connectivity index (χ1v) is 6.86. The van der Waals surface area contributed by atoms with Crippen molar-refractivity contribution in [2.45, 2.75) is 19.8 Å². The van der Waals surface area contributed by atoms with E-state index in [1.165, 1.54) is 0 Å². The fraction of sp³-hybridized carbons (Fsp3) is 0.250. The van der Waals surface area contributed by atoms with Gasteiger partial charge in [-0.1, -0.05) is 18.2 Å². The quantitative estimate of drug-likeness (QED) is 0.800. The molecule has 0 bridgehead atoms. The zero-order chi connectivity index (χ0) is 15.1. The maximum absolute atomic E-state index is 11.8. The zero-order valence-corrected chi connectivity index (χ0v) is 12.0. The molecule has 110 valence electrons. The monoisotopic (exact) mass is 285 g/mol. The number of para-hydroxylation sites is 1. The van der Waals surface area contributed by atoms with E-state index in [1.54, 1.807) is 19.1 Å². The number of nitrogens with zero attached hydrogens (tertiary/aromatic N) is 1. The number of carbonyl (C=O) groups is 1. The minimum Gasteiger partial charge on any atom is -0.494 e. The van der Waals surface area contributed by atoms with Crippen molar-refractivity contribution in [3.8, 4) is 5.75 Å². The Morgan fingerprint density at radius 1 is 1.24 bits per heavy atom. The topological polar surface area (TPSA) is 77.2 Å². The van der Waals surface area contributed by atoms with Gasteiger partial charge in [0.2, 0.25) is 5.91 Å². The van der Waals surface area contributed by atoms with Crippen LogP contribution in [0.4, 0.5) is 11.5 Å². The van der Waals surface area contributed by atoms with Crippen LogP contribution in [0.15, 0.2) is 42.5 Å². The van der Waals surface area contributed by atoms with Crippen LogP contribution in [-0.4, -0.2) is 17.5 Å². The van der Waals surface area contributed by atoms with E-state index in [4.69, 9.17) is 10.5 Å². The van der Waals surface area contributed by atoms with Crippen molar-refractivity contribution in [2.24, 2.45) is 0 Å². The molecule has 0 spiro atoms. The van der Waals surface area contributed by atoms with Crippen LogP contribution in [0.3, 0.4) is 0 Å². The lowest BCUT2D eigenvalue weighted by Crippen LogP contribution is -2.14. The number of nitrogens with one attached hydrogen (secondary N) is 1. The van der Waals surface area contributed by atoms with Crippen molar-refractivity contribution in [3.05, 3.63) is 48.2 Å². The van der Waals surface area contributed by atoms with E-state index in [0.717, 1.165) is 5.75 Å². The number of carbonyl (C=O) groups excluding carboxylic acids is 1. The van der Waals surface area contributed by atoms with Gasteiger partial charge in [0.05, 0.1) is 18.0 Å². The third kappa shape index (κ3) is 4.80. The molecule has 1 aromatic carbocycles. The predicted molar refractivity (Wildman–Crippen MR) is 83.2 cm³/mol. The Morgan fingerprint density at radius 2 is 2.00 bits per heavy atom. The SMILES string of the molecule is Cc1nc(NC(=O)CCCOc2ccccc2)ccc1N. The standard InChI is InChI=1S/C16H19N3O2/c1-12-14(17)9-10-15(18-12)19-16(20)8-5-11-21-13-6-3-2-4-7-13/h2-4,6-7,9-10H,5,8,11,17H2,1H3,(H,18,19,20). The van der Waals surface area contributed by atoms with Gasteiger partial charge in [0.25, 0.3) is 0 Å². The minimum atomic E-state index is -0.0802. The highest BCUT2D eigenvalue weighted by atomic mass is 16.5. The van der Waals surface area contributed by atoms with E-state index in [2.05, 4.69) is 10.3 Å². The Kier molecular flexibility index (Phi) is 5.15. The second-order valence-corrected chi connectivity index (χ2v) is 4.68. The molecule has 0 fully saturated rings. The third-order valence-electron chi connectivity index (χ3n) is 2.95. The molecule has 0 aliphatic carbocycles. The third-order valence-corrected chi connectivity index (χ3v) is 2.95. The zero-order valence-electron chi connectivity index (χ0n) is 12.0. The Balaban J connectivity index is 1.71. The Bertz CT molecular complexity index is 600. The highest BCUT2D eigenvalue weighted by Gasteiger charge is 2.05. The highest BCUT2D eigenvalue weighted by Crippen LogP contribution is 2.12. The van der Waals surface area contributed by atoms with Crippen LogP contribution in [0.2, 0.25) is 0 Å². The van der Waals surface area contributed by atoms with Crippen LogP contribution in [0, 0.1) is 6.92 Å². The molecule has 2 rings (SSSR count). The van der Waals surface area contributed by atoms with Gasteiger partial charge in [0.1, 0.15) is 11.6 Å². The summed E-state index contributed by atoms with van der Waals surface area (Å²) in [6.07, 6.45) is 1.03. The molecule has 0 aliphatic rings. The molecule has 0 aliphatic heterocycles. The van der Waals surface area contributed by atoms with Gasteiger partial charge in [-0.05, 0) is 37.6 Å². The molecule has 0 atom stereocenters. The van der Waals surface area contributed by atoms with E-state index in [9.17, 15) is 4.79 Å². The van der Waals surface area contributed by atoms with Crippen LogP contribution < -0.4 is 15.8 Å². The van der Waals surface area contributed by atoms with Gasteiger partial charge in [0.15, 0.2) is 0 Å². The van der Waals surface area contributed by atoms with Crippen LogP contribution in [0.25, 0.3) is 0 Å². The summed E-state index contributed by atoms with van der Waals surface area (Å²) in [5.41, 5.74) is 7.00. The van der Waals surface area contributed by atoms with Gasteiger partial charge < -0.3 is 15.8 Å². The van der Waals surface area contributed by atoms with Gasteiger partial charge in [-0.2, -0.15) is 0 Å². The number of aryl methyl sites for hydroxylation is 1. The molecule has 0 radical (unpaired) electrons. The number of anilines is 2. The van der Waals surface area contributed by atoms with Gasteiger partial charge in [0, 0.05) is 6.42 Å². The molecule has 5 heteroatoms. The van der Waals surface area contributed by atoms with E-state index in [0.29, 0.717) is 36.6 Å². The largest absolute Gasteiger partial charge is 0.494 e. The highest BCUT2D eigenvalue weighted by molar-refractivity contribution is 5.89. The number of benzene rings is 1. The van der Waals surface area contributed by atoms with Crippen molar-refractivity contribution in [1.82, 2.24) is 4.98 Å². The molecule has 1 amide bonds. The summed E-state index contributed by atoms with van der Waals surface area (Å²) in [6.45, 7) is 2.31. The molecule has 0 saturated carbocycles. The second-order valence-electron chi connectivity index (χ2n) is 4.68. The van der Waals surface area contributed by atoms with Crippen molar-refractivity contribution in [3.63, 3.8) is 0 Å². The lowest BCUT2D eigenvalue weighted by molar-refractivity contribution is -0.116. The summed E-state index contributed by atoms with van der Waals surface area (Å²) >= 11 is 0. The first-order chi connectivity index (χ1) is 10.1. The number of pyridine rings is 1. The second kappa shape index (κ2) is 7.28. The summed E-state index contributed by atoms with van der Waals surface area (Å²) in [5, 5.41) is 2.75. The van der Waals surface area contributed by atoms with E-state index in [-0.39, 0.29) is 5.91 Å². The maximum atomic E-state index is 11.8. The smallest absolute Gasteiger partial charge is 0.225 e. The van der Waals surface area contributed by atoms with Crippen molar-refractivity contribution >= 4 is 17.4 Å². The summed E-state index contributed by atoms with van der Waals surface area (Å²) in [4.78, 5) is 16.0. The van der Waals surface area contributed by atoms with Crippen LogP contribution in [0.5, 0.6) is 5.75 Å². The number of ether oxygens (including phenoxy) is 1. The summed E-state index contributed by atoms with van der Waals surface area (Å²) in [7, 11) is 0. The Morgan fingerprint density at radius 3 is 2.71 bits per heavy atom. The number of nitrogen functional groups attached to an aromatic ring is 1. The molecular formula is C16H19N3O2. The first kappa shape index (κ1) is 14.8. The van der Waals surface area contributed by atoms with Crippen molar-refractivity contribution in [2.75, 3.05) is 17.7 Å². The van der Waals surface area contributed by atoms with Crippen LogP contribution >= 0.6 is 0 Å². The molecule has 1 heterocycles. The lowest BCUT2D eigenvalue weighted by atomic mass is 10.3. The van der Waals surface area contributed by atoms with Gasteiger partial charge in [-0.3, -0.25) is 4.79 Å². The van der Waals surface area contributed by atoms with Crippen LogP contribution in [0.1, 0.15) is 18.5 Å². The first-order valence-electron chi connectivity index (χ1n) is 6.86. The molecule has 1 aromatic heterocycles. The Hall–Kier alpha value is -2.56. The number of rotatable bonds is 6. The van der Waals surface area contributed by atoms with E-state index >= 15 is 0 Å². The number of aromatic nitrogens is 1. The maximum Gasteiger partial charge on any atom is 0.225 e. The molecule has 21 heavy (non-hydrogen) atoms. The van der Waals surface area contributed by atoms with Gasteiger partial charge in [-0.15, -0.1) is 0 Å². The molecule has 2 aromatic rings. The average Bonchev–Trinajstić information content (AvgIpc) is 2.49. The van der Waals surface area contributed by atoms with Gasteiger partial charge in [-0.25, -0.2) is 4.98 Å². The minimum absolute atomic E-state index is 0.0802. The van der Waals surface area contributed by atoms with Gasteiger partial charge >= 0.3 is 0 Å². The van der Waals surface area contributed by atoms with Crippen LogP contribution in [-0.2, 0) is 4.79 Å². The summed E-state index contributed by atoms with van der Waals surface area (Å²) in [6, 6.07) is 13.0. The number of amides is 1. The fourth-order valence-electron chi connectivity index (χ4n) is 1.79. The summed E-state index contributed by atoms with van der Waals surface area (Å²) < 4.78 is 5.53. The molecule has 3 N–H and O–H groups in total.